The Bertz CT molecular complexity index is 636. The molecule has 9 heteroatoms. The van der Waals surface area contributed by atoms with Crippen molar-refractivity contribution in [3.05, 3.63) is 33.3 Å². The number of ether oxygens (including phenoxy) is 2. The summed E-state index contributed by atoms with van der Waals surface area (Å²) in [5.41, 5.74) is 0. The van der Waals surface area contributed by atoms with Crippen LogP contribution in [-0.4, -0.2) is 29.8 Å². The van der Waals surface area contributed by atoms with Gasteiger partial charge < -0.3 is 9.47 Å². The number of halogens is 2. The third-order valence-corrected chi connectivity index (χ3v) is 3.59. The Labute approximate surface area is 135 Å². The summed E-state index contributed by atoms with van der Waals surface area (Å²) in [6.45, 7) is 0.140. The maximum Gasteiger partial charge on any atom is 0.264 e. The van der Waals surface area contributed by atoms with Gasteiger partial charge in [-0.1, -0.05) is 34.5 Å². The number of nitrogens with zero attached hydrogens (tertiary/aromatic N) is 2. The predicted molar refractivity (Wildman–Crippen MR) is 81.2 cm³/mol. The van der Waals surface area contributed by atoms with Gasteiger partial charge in [0.2, 0.25) is 5.13 Å². The van der Waals surface area contributed by atoms with Crippen LogP contribution in [0.1, 0.15) is 5.01 Å². The second kappa shape index (κ2) is 7.56. The zero-order valence-electron chi connectivity index (χ0n) is 10.9. The maximum atomic E-state index is 11.7. The zero-order valence-corrected chi connectivity index (χ0v) is 13.3. The molecule has 0 unspecified atom stereocenters. The van der Waals surface area contributed by atoms with Crippen molar-refractivity contribution < 1.29 is 14.3 Å². The van der Waals surface area contributed by atoms with E-state index in [2.05, 4.69) is 15.5 Å². The summed E-state index contributed by atoms with van der Waals surface area (Å²) in [5, 5.41) is 12.2. The van der Waals surface area contributed by atoms with Gasteiger partial charge in [0.15, 0.2) is 6.61 Å². The Morgan fingerprint density at radius 2 is 2.19 bits per heavy atom. The first-order valence-corrected chi connectivity index (χ1v) is 7.34. The minimum Gasteiger partial charge on any atom is -0.482 e. The van der Waals surface area contributed by atoms with E-state index in [1.165, 1.54) is 11.3 Å². The molecule has 1 N–H and O–H groups in total. The monoisotopic (exact) mass is 347 g/mol. The molecular weight excluding hydrogens is 337 g/mol. The predicted octanol–water partition coefficient (Wildman–Crippen LogP) is 3.01. The number of hydrogen-bond acceptors (Lipinski definition) is 6. The highest BCUT2D eigenvalue weighted by atomic mass is 35.5. The average Bonchev–Trinajstić information content (AvgIpc) is 2.87. The molecule has 1 aromatic carbocycles. The fraction of sp³-hybridized carbons (Fsp3) is 0.250. The number of amides is 1. The maximum absolute atomic E-state index is 11.7. The van der Waals surface area contributed by atoms with Gasteiger partial charge in [0.25, 0.3) is 5.91 Å². The van der Waals surface area contributed by atoms with Gasteiger partial charge in [-0.05, 0) is 12.1 Å². The van der Waals surface area contributed by atoms with Crippen LogP contribution >= 0.6 is 34.5 Å². The van der Waals surface area contributed by atoms with E-state index in [1.807, 2.05) is 0 Å². The minimum atomic E-state index is -0.369. The Hall–Kier alpha value is -1.41. The quantitative estimate of drug-likeness (QED) is 0.869. The Morgan fingerprint density at radius 3 is 2.95 bits per heavy atom. The number of rotatable bonds is 6. The second-order valence-electron chi connectivity index (χ2n) is 3.85. The van der Waals surface area contributed by atoms with Gasteiger partial charge in [-0.2, -0.15) is 0 Å². The molecule has 0 aliphatic carbocycles. The lowest BCUT2D eigenvalue weighted by molar-refractivity contribution is -0.118. The Morgan fingerprint density at radius 1 is 1.38 bits per heavy atom. The van der Waals surface area contributed by atoms with Crippen LogP contribution in [0.2, 0.25) is 10.0 Å². The highest BCUT2D eigenvalue weighted by Gasteiger charge is 2.10. The normalized spacial score (nSPS) is 10.4. The van der Waals surface area contributed by atoms with Crippen LogP contribution in [0.4, 0.5) is 5.13 Å². The van der Waals surface area contributed by atoms with Crippen molar-refractivity contribution in [1.82, 2.24) is 10.2 Å². The van der Waals surface area contributed by atoms with Crippen LogP contribution in [0.3, 0.4) is 0 Å². The third-order valence-electron chi connectivity index (χ3n) is 2.23. The molecule has 1 amide bonds. The molecule has 1 heterocycles. The van der Waals surface area contributed by atoms with Crippen molar-refractivity contribution in [3.8, 4) is 5.75 Å². The summed E-state index contributed by atoms with van der Waals surface area (Å²) < 4.78 is 10.2. The van der Waals surface area contributed by atoms with Gasteiger partial charge in [0.1, 0.15) is 17.4 Å². The van der Waals surface area contributed by atoms with E-state index in [0.29, 0.717) is 32.5 Å². The van der Waals surface area contributed by atoms with Crippen molar-refractivity contribution in [3.63, 3.8) is 0 Å². The first-order chi connectivity index (χ1) is 10.1. The highest BCUT2D eigenvalue weighted by molar-refractivity contribution is 7.15. The lowest BCUT2D eigenvalue weighted by Crippen LogP contribution is -2.20. The van der Waals surface area contributed by atoms with Crippen molar-refractivity contribution in [2.24, 2.45) is 0 Å². The van der Waals surface area contributed by atoms with E-state index in [0.717, 1.165) is 0 Å². The van der Waals surface area contributed by atoms with Gasteiger partial charge in [-0.3, -0.25) is 10.1 Å². The van der Waals surface area contributed by atoms with Crippen LogP contribution in [0.25, 0.3) is 0 Å². The van der Waals surface area contributed by atoms with Crippen LogP contribution in [0.15, 0.2) is 18.2 Å². The molecule has 0 aliphatic rings. The Kier molecular flexibility index (Phi) is 5.75. The molecule has 2 rings (SSSR count). The van der Waals surface area contributed by atoms with Crippen molar-refractivity contribution >= 4 is 45.6 Å². The third kappa shape index (κ3) is 4.82. The summed E-state index contributed by atoms with van der Waals surface area (Å²) in [4.78, 5) is 11.7. The number of hydrogen-bond donors (Lipinski definition) is 1. The molecule has 0 spiro atoms. The largest absolute Gasteiger partial charge is 0.482 e. The van der Waals surface area contributed by atoms with E-state index in [9.17, 15) is 4.79 Å². The van der Waals surface area contributed by atoms with Gasteiger partial charge in [0.05, 0.1) is 5.02 Å². The van der Waals surface area contributed by atoms with Crippen LogP contribution in [0.5, 0.6) is 5.75 Å². The summed E-state index contributed by atoms with van der Waals surface area (Å²) in [7, 11) is 1.56. The van der Waals surface area contributed by atoms with Crippen LogP contribution in [0, 0.1) is 0 Å². The van der Waals surface area contributed by atoms with Crippen LogP contribution in [-0.2, 0) is 16.1 Å². The molecule has 2 aromatic rings. The molecule has 0 saturated heterocycles. The topological polar surface area (TPSA) is 73.3 Å². The molecule has 0 saturated carbocycles. The van der Waals surface area contributed by atoms with E-state index in [1.54, 1.807) is 25.3 Å². The van der Waals surface area contributed by atoms with Gasteiger partial charge in [0, 0.05) is 18.2 Å². The first-order valence-electron chi connectivity index (χ1n) is 5.77. The van der Waals surface area contributed by atoms with Crippen molar-refractivity contribution in [2.45, 2.75) is 6.61 Å². The minimum absolute atomic E-state index is 0.209. The fourth-order valence-corrected chi connectivity index (χ4v) is 2.43. The summed E-state index contributed by atoms with van der Waals surface area (Å²) in [5.74, 6) is -0.0252. The lowest BCUT2D eigenvalue weighted by Gasteiger charge is -2.07. The molecule has 112 valence electrons. The highest BCUT2D eigenvalue weighted by Crippen LogP contribution is 2.27. The van der Waals surface area contributed by atoms with E-state index in [-0.39, 0.29) is 12.5 Å². The number of nitrogens with one attached hydrogen (secondary N) is 1. The lowest BCUT2D eigenvalue weighted by atomic mass is 10.3. The zero-order chi connectivity index (χ0) is 15.2. The molecule has 21 heavy (non-hydrogen) atoms. The fourth-order valence-electron chi connectivity index (χ4n) is 1.37. The smallest absolute Gasteiger partial charge is 0.264 e. The number of carbonyl (C=O) groups excluding carboxylic acids is 1. The molecule has 0 aliphatic heterocycles. The summed E-state index contributed by atoms with van der Waals surface area (Å²) in [6, 6.07) is 4.77. The van der Waals surface area contributed by atoms with Crippen LogP contribution < -0.4 is 10.1 Å². The number of aromatic nitrogens is 2. The number of benzene rings is 1. The molecule has 0 atom stereocenters. The number of carbonyl (C=O) groups is 1. The molecule has 0 bridgehead atoms. The van der Waals surface area contributed by atoms with E-state index in [4.69, 9.17) is 32.7 Å². The van der Waals surface area contributed by atoms with Gasteiger partial charge in [-0.15, -0.1) is 10.2 Å². The SMILES string of the molecule is COCc1nnc(NC(=O)COc2cc(Cl)ccc2Cl)s1. The first kappa shape index (κ1) is 16.0. The molecule has 0 fully saturated rings. The van der Waals surface area contributed by atoms with E-state index >= 15 is 0 Å². The molecule has 1 aromatic heterocycles. The summed E-state index contributed by atoms with van der Waals surface area (Å²) in [6.07, 6.45) is 0. The van der Waals surface area contributed by atoms with Crippen molar-refractivity contribution in [1.29, 1.82) is 0 Å². The van der Waals surface area contributed by atoms with Gasteiger partial charge in [-0.25, -0.2) is 0 Å². The van der Waals surface area contributed by atoms with Gasteiger partial charge >= 0.3 is 0 Å². The average molecular weight is 348 g/mol. The summed E-state index contributed by atoms with van der Waals surface area (Å²) >= 11 is 13.0. The molecule has 0 radical (unpaired) electrons. The number of anilines is 1. The van der Waals surface area contributed by atoms with E-state index < -0.39 is 0 Å². The second-order valence-corrected chi connectivity index (χ2v) is 5.75. The Balaban J connectivity index is 1.88. The number of methoxy groups -OCH3 is 1. The molecule has 6 nitrogen and oxygen atoms in total. The standard InChI is InChI=1S/C12H11Cl2N3O3S/c1-19-6-11-16-17-12(21-11)15-10(18)5-20-9-4-7(13)2-3-8(9)14/h2-4H,5-6H2,1H3,(H,15,17,18). The molecular formula is C12H11Cl2N3O3S. The van der Waals surface area contributed by atoms with Crippen molar-refractivity contribution in [2.75, 3.05) is 19.0 Å².